The van der Waals surface area contributed by atoms with Gasteiger partial charge >= 0.3 is 0 Å². The van der Waals surface area contributed by atoms with Crippen LogP contribution in [-0.4, -0.2) is 74.9 Å². The van der Waals surface area contributed by atoms with E-state index in [0.717, 1.165) is 75.4 Å². The van der Waals surface area contributed by atoms with Crippen molar-refractivity contribution in [2.75, 3.05) is 58.3 Å². The Labute approximate surface area is 279 Å². The summed E-state index contributed by atoms with van der Waals surface area (Å²) in [5.41, 5.74) is 7.28. The van der Waals surface area contributed by atoms with Gasteiger partial charge in [0.15, 0.2) is 6.61 Å². The lowest BCUT2D eigenvalue weighted by Gasteiger charge is -2.34. The Morgan fingerprint density at radius 3 is 2.36 bits per heavy atom. The van der Waals surface area contributed by atoms with Crippen LogP contribution in [0.3, 0.4) is 0 Å². The fraction of sp³-hybridized carbons (Fsp3) is 0.350. The fourth-order valence-corrected chi connectivity index (χ4v) is 7.05. The molecule has 244 valence electrons. The van der Waals surface area contributed by atoms with Crippen LogP contribution >= 0.6 is 0 Å². The Balaban J connectivity index is 0.920. The van der Waals surface area contributed by atoms with E-state index < -0.39 is 0 Å². The smallest absolute Gasteiger partial charge is 0.260 e. The highest BCUT2D eigenvalue weighted by Crippen LogP contribution is 2.46. The van der Waals surface area contributed by atoms with Gasteiger partial charge in [-0.1, -0.05) is 66.7 Å². The molecule has 1 saturated heterocycles. The second kappa shape index (κ2) is 15.8. The molecule has 1 heterocycles. The highest BCUT2D eigenvalue weighted by molar-refractivity contribution is 5.86. The summed E-state index contributed by atoms with van der Waals surface area (Å²) in [6.07, 6.45) is 5.63. The highest BCUT2D eigenvalue weighted by Gasteiger charge is 2.31. The number of carbonyl (C=O) groups excluding carboxylic acids is 1. The summed E-state index contributed by atoms with van der Waals surface area (Å²) in [7, 11) is 1.81. The molecule has 0 bridgehead atoms. The molecule has 0 radical (unpaired) electrons. The molecule has 2 atom stereocenters. The Bertz CT molecular complexity index is 1620. The molecule has 1 amide bonds. The van der Waals surface area contributed by atoms with Gasteiger partial charge in [0.25, 0.3) is 5.91 Å². The van der Waals surface area contributed by atoms with Crippen LogP contribution in [0.25, 0.3) is 0 Å². The topological polar surface area (TPSA) is 77.9 Å². The van der Waals surface area contributed by atoms with E-state index >= 15 is 0 Å². The largest absolute Gasteiger partial charge is 0.494 e. The van der Waals surface area contributed by atoms with Gasteiger partial charge in [-0.15, -0.1) is 0 Å². The van der Waals surface area contributed by atoms with Crippen LogP contribution in [0.1, 0.15) is 58.9 Å². The number of rotatable bonds is 13. The van der Waals surface area contributed by atoms with Crippen molar-refractivity contribution in [3.05, 3.63) is 125 Å². The molecule has 2 aliphatic rings. The number of fused-ring (bicyclic) bond motifs is 1. The highest BCUT2D eigenvalue weighted by atomic mass is 16.5. The van der Waals surface area contributed by atoms with Crippen molar-refractivity contribution in [2.24, 2.45) is 0 Å². The molecular weight excluding hydrogens is 584 g/mol. The van der Waals surface area contributed by atoms with Crippen molar-refractivity contribution >= 4 is 17.8 Å². The molecule has 1 aliphatic heterocycles. The van der Waals surface area contributed by atoms with Crippen molar-refractivity contribution in [3.63, 3.8) is 0 Å². The van der Waals surface area contributed by atoms with Gasteiger partial charge in [0.05, 0.1) is 6.61 Å². The molecule has 47 heavy (non-hydrogen) atoms. The monoisotopic (exact) mass is 630 g/mol. The Morgan fingerprint density at radius 1 is 0.851 bits per heavy atom. The molecule has 0 aromatic heterocycles. The summed E-state index contributed by atoms with van der Waals surface area (Å²) >= 11 is 0. The molecular formula is C40H46N4O3. The molecule has 2 unspecified atom stereocenters. The Hall–Kier alpha value is -4.62. The maximum atomic E-state index is 12.8. The quantitative estimate of drug-likeness (QED) is 0.123. The zero-order valence-corrected chi connectivity index (χ0v) is 27.4. The number of aryl methyl sites for hydroxylation is 1. The van der Waals surface area contributed by atoms with Crippen LogP contribution in [0.5, 0.6) is 11.5 Å². The Morgan fingerprint density at radius 2 is 1.60 bits per heavy atom. The first-order valence-corrected chi connectivity index (χ1v) is 16.9. The van der Waals surface area contributed by atoms with E-state index in [1.54, 1.807) is 13.1 Å². The third-order valence-corrected chi connectivity index (χ3v) is 9.66. The SMILES string of the molecule is CNc1cc(OCC(=O)N2CCN(CCCCOc3ccc(C4c5ccccc5CCC4c4ccccc4)cc3)CC2)ccc1C=N. The Kier molecular flexibility index (Phi) is 10.9. The molecule has 1 fully saturated rings. The molecule has 0 spiro atoms. The van der Waals surface area contributed by atoms with Crippen molar-refractivity contribution in [3.8, 4) is 11.5 Å². The minimum Gasteiger partial charge on any atom is -0.494 e. The number of carbonyl (C=O) groups is 1. The number of hydrogen-bond donors (Lipinski definition) is 2. The average molecular weight is 631 g/mol. The van der Waals surface area contributed by atoms with Gasteiger partial charge in [-0.05, 0) is 84.7 Å². The van der Waals surface area contributed by atoms with Crippen molar-refractivity contribution in [1.29, 1.82) is 5.41 Å². The number of amides is 1. The summed E-state index contributed by atoms with van der Waals surface area (Å²) in [6, 6.07) is 34.1. The number of ether oxygens (including phenoxy) is 2. The third-order valence-electron chi connectivity index (χ3n) is 9.66. The van der Waals surface area contributed by atoms with E-state index in [9.17, 15) is 4.79 Å². The number of benzene rings is 4. The molecule has 7 heteroatoms. The van der Waals surface area contributed by atoms with Crippen molar-refractivity contribution in [1.82, 2.24) is 9.80 Å². The zero-order valence-electron chi connectivity index (χ0n) is 27.4. The number of anilines is 1. The third kappa shape index (κ3) is 8.03. The molecule has 1 aliphatic carbocycles. The molecule has 2 N–H and O–H groups in total. The van der Waals surface area contributed by atoms with Crippen LogP contribution in [0.2, 0.25) is 0 Å². The second-order valence-corrected chi connectivity index (χ2v) is 12.5. The number of unbranched alkanes of at least 4 members (excludes halogenated alkanes) is 1. The molecule has 7 nitrogen and oxygen atoms in total. The van der Waals surface area contributed by atoms with E-state index in [4.69, 9.17) is 14.9 Å². The van der Waals surface area contributed by atoms with Crippen LogP contribution in [-0.2, 0) is 11.2 Å². The number of hydrogen-bond acceptors (Lipinski definition) is 6. The van der Waals surface area contributed by atoms with E-state index in [-0.39, 0.29) is 12.5 Å². The number of nitrogens with one attached hydrogen (secondary N) is 2. The zero-order chi connectivity index (χ0) is 32.4. The summed E-state index contributed by atoms with van der Waals surface area (Å²) in [4.78, 5) is 17.1. The molecule has 4 aromatic rings. The van der Waals surface area contributed by atoms with Gasteiger partial charge in [0.1, 0.15) is 11.5 Å². The summed E-state index contributed by atoms with van der Waals surface area (Å²) < 4.78 is 11.9. The van der Waals surface area contributed by atoms with Crippen LogP contribution < -0.4 is 14.8 Å². The summed E-state index contributed by atoms with van der Waals surface area (Å²) in [5.74, 6) is 2.37. The summed E-state index contributed by atoms with van der Waals surface area (Å²) in [6.45, 7) is 4.92. The summed E-state index contributed by atoms with van der Waals surface area (Å²) in [5, 5.41) is 10.5. The van der Waals surface area contributed by atoms with E-state index in [1.807, 2.05) is 17.0 Å². The van der Waals surface area contributed by atoms with E-state index in [1.165, 1.54) is 28.5 Å². The normalized spacial score (nSPS) is 17.9. The maximum absolute atomic E-state index is 12.8. The maximum Gasteiger partial charge on any atom is 0.260 e. The second-order valence-electron chi connectivity index (χ2n) is 12.5. The minimum absolute atomic E-state index is 0.00879. The first-order valence-electron chi connectivity index (χ1n) is 16.9. The lowest BCUT2D eigenvalue weighted by atomic mass is 9.69. The molecule has 0 saturated carbocycles. The van der Waals surface area contributed by atoms with Gasteiger partial charge in [-0.2, -0.15) is 0 Å². The molecule has 6 rings (SSSR count). The van der Waals surface area contributed by atoms with Crippen LogP contribution in [0, 0.1) is 5.41 Å². The lowest BCUT2D eigenvalue weighted by molar-refractivity contribution is -0.135. The van der Waals surface area contributed by atoms with Gasteiger partial charge < -0.3 is 25.1 Å². The van der Waals surface area contributed by atoms with Gasteiger partial charge in [-0.25, -0.2) is 0 Å². The number of piperazine rings is 1. The van der Waals surface area contributed by atoms with Gasteiger partial charge in [-0.3, -0.25) is 9.69 Å². The first kappa shape index (κ1) is 32.3. The fourth-order valence-electron chi connectivity index (χ4n) is 7.05. The standard InChI is InChI=1S/C40H46N4O3/c1-42-38-27-35(19-15-33(38)28-41)47-29-39(45)44-24-22-43(23-25-44)21-7-8-26-46-34-17-13-32(14-18-34)40-36-12-6-5-11-31(36)16-20-37(40)30-9-3-2-4-10-30/h2-6,9-15,17-19,27-28,37,40-42H,7-8,16,20-26,29H2,1H3. The lowest BCUT2D eigenvalue weighted by Crippen LogP contribution is -2.50. The van der Waals surface area contributed by atoms with Crippen LogP contribution in [0.4, 0.5) is 5.69 Å². The van der Waals surface area contributed by atoms with Crippen LogP contribution in [0.15, 0.2) is 97.1 Å². The van der Waals surface area contributed by atoms with Gasteiger partial charge in [0, 0.05) is 62.7 Å². The van der Waals surface area contributed by atoms with Crippen molar-refractivity contribution in [2.45, 2.75) is 37.5 Å². The van der Waals surface area contributed by atoms with Crippen molar-refractivity contribution < 1.29 is 14.3 Å². The number of nitrogens with zero attached hydrogens (tertiary/aromatic N) is 2. The predicted octanol–water partition coefficient (Wildman–Crippen LogP) is 6.97. The van der Waals surface area contributed by atoms with E-state index in [2.05, 4.69) is 89.1 Å². The van der Waals surface area contributed by atoms with Gasteiger partial charge in [0.2, 0.25) is 0 Å². The minimum atomic E-state index is 0.00879. The molecule has 4 aromatic carbocycles. The average Bonchev–Trinajstić information content (AvgIpc) is 3.14. The first-order chi connectivity index (χ1) is 23.1. The van der Waals surface area contributed by atoms with E-state index in [0.29, 0.717) is 24.2 Å². The predicted molar refractivity (Wildman–Crippen MR) is 189 cm³/mol.